The maximum absolute atomic E-state index is 12.3. The second-order valence-electron chi connectivity index (χ2n) is 11.4. The molecule has 0 spiro atoms. The van der Waals surface area contributed by atoms with Crippen LogP contribution in [0.2, 0.25) is 0 Å². The van der Waals surface area contributed by atoms with Crippen molar-refractivity contribution in [3.05, 3.63) is 65.7 Å². The van der Waals surface area contributed by atoms with Crippen LogP contribution in [0, 0.1) is 0 Å². The van der Waals surface area contributed by atoms with Crippen molar-refractivity contribution in [2.24, 2.45) is 0 Å². The zero-order chi connectivity index (χ0) is 27.3. The van der Waals surface area contributed by atoms with E-state index >= 15 is 0 Å². The molecule has 0 unspecified atom stereocenters. The number of nitrogens with zero attached hydrogens (tertiary/aromatic N) is 1. The topological polar surface area (TPSA) is 35.5 Å². The second-order valence-corrected chi connectivity index (χ2v) is 11.4. The van der Waals surface area contributed by atoms with Crippen molar-refractivity contribution in [1.82, 2.24) is 0 Å². The summed E-state index contributed by atoms with van der Waals surface area (Å²) in [5, 5.41) is 0. The maximum Gasteiger partial charge on any atom is 0.361 e. The van der Waals surface area contributed by atoms with Crippen molar-refractivity contribution < 1.29 is 18.8 Å². The van der Waals surface area contributed by atoms with Crippen molar-refractivity contribution in [3.8, 4) is 5.75 Å². The molecule has 0 fully saturated rings. The summed E-state index contributed by atoms with van der Waals surface area (Å²) in [6, 6.07) is 18.8. The minimum absolute atomic E-state index is 0.139. The number of hydrogen-bond donors (Lipinski definition) is 0. The molecular weight excluding hydrogens is 470 g/mol. The molecule has 2 aromatic rings. The zero-order valence-corrected chi connectivity index (χ0v) is 24.6. The Hall–Kier alpha value is -2.33. The number of esters is 1. The largest absolute Gasteiger partial charge is 0.494 e. The number of carbonyl (C=O) groups excluding carboxylic acids is 1. The van der Waals surface area contributed by atoms with Gasteiger partial charge in [-0.1, -0.05) is 114 Å². The number of aryl methyl sites for hydroxylation is 1. The van der Waals surface area contributed by atoms with Crippen LogP contribution in [0.5, 0.6) is 5.75 Å². The van der Waals surface area contributed by atoms with Crippen LogP contribution < -0.4 is 4.74 Å². The summed E-state index contributed by atoms with van der Waals surface area (Å²) in [4.78, 5) is 12.3. The van der Waals surface area contributed by atoms with Gasteiger partial charge in [-0.25, -0.2) is 4.79 Å². The summed E-state index contributed by atoms with van der Waals surface area (Å²) < 4.78 is 11.9. The number of carbonyl (C=O) groups is 1. The van der Waals surface area contributed by atoms with Gasteiger partial charge in [-0.2, -0.15) is 0 Å². The first-order chi connectivity index (χ1) is 18.5. The first-order valence-electron chi connectivity index (χ1n) is 15.2. The molecule has 0 aliphatic rings. The maximum atomic E-state index is 12.3. The molecule has 0 bridgehead atoms. The van der Waals surface area contributed by atoms with Crippen LogP contribution in [0.15, 0.2) is 54.6 Å². The Kier molecular flexibility index (Phi) is 16.5. The lowest BCUT2D eigenvalue weighted by Crippen LogP contribution is -2.43. The molecule has 0 aromatic heterocycles. The van der Waals surface area contributed by atoms with E-state index < -0.39 is 0 Å². The standard InChI is InChI=1S/C34H54NO3/c1-4-5-6-7-8-9-10-11-12-13-15-20-31-23-25-33(26-24-31)37-27-18-19-28-38-34(36)30-35(2,3)29-32-21-16-14-17-22-32/h14,16-17,21-26H,4-13,15,18-20,27-30H2,1-3H3/q+1. The van der Waals surface area contributed by atoms with E-state index in [-0.39, 0.29) is 5.97 Å². The van der Waals surface area contributed by atoms with Gasteiger partial charge in [-0.15, -0.1) is 0 Å². The normalized spacial score (nSPS) is 11.4. The molecule has 2 rings (SSSR count). The number of likely N-dealkylation sites (N-methyl/N-ethyl adjacent to an activating group) is 1. The predicted octanol–water partition coefficient (Wildman–Crippen LogP) is 8.52. The van der Waals surface area contributed by atoms with Crippen LogP contribution in [-0.4, -0.2) is 44.3 Å². The van der Waals surface area contributed by atoms with E-state index in [4.69, 9.17) is 9.47 Å². The van der Waals surface area contributed by atoms with E-state index in [9.17, 15) is 4.79 Å². The third-order valence-electron chi connectivity index (χ3n) is 7.07. The number of ether oxygens (including phenoxy) is 2. The van der Waals surface area contributed by atoms with Gasteiger partial charge in [-0.05, 0) is 43.4 Å². The SMILES string of the molecule is CCCCCCCCCCCCCc1ccc(OCCCCOC(=O)C[N+](C)(C)Cc2ccccc2)cc1. The Bertz CT molecular complexity index is 848. The molecule has 0 N–H and O–H groups in total. The van der Waals surface area contributed by atoms with Crippen LogP contribution in [-0.2, 0) is 22.5 Å². The van der Waals surface area contributed by atoms with Crippen LogP contribution in [0.1, 0.15) is 102 Å². The summed E-state index contributed by atoms with van der Waals surface area (Å²) in [6.07, 6.45) is 18.1. The van der Waals surface area contributed by atoms with Crippen molar-refractivity contribution in [1.29, 1.82) is 0 Å². The molecule has 2 aromatic carbocycles. The van der Waals surface area contributed by atoms with Crippen LogP contribution in [0.4, 0.5) is 0 Å². The highest BCUT2D eigenvalue weighted by atomic mass is 16.5. The third-order valence-corrected chi connectivity index (χ3v) is 7.07. The van der Waals surface area contributed by atoms with Crippen molar-refractivity contribution in [2.45, 2.75) is 103 Å². The summed E-state index contributed by atoms with van der Waals surface area (Å²) in [7, 11) is 4.12. The highest BCUT2D eigenvalue weighted by molar-refractivity contribution is 5.70. The predicted molar refractivity (Wildman–Crippen MR) is 159 cm³/mol. The van der Waals surface area contributed by atoms with E-state index in [0.717, 1.165) is 31.6 Å². The minimum atomic E-state index is -0.139. The Morgan fingerprint density at radius 3 is 1.87 bits per heavy atom. The third kappa shape index (κ3) is 15.8. The first-order valence-corrected chi connectivity index (χ1v) is 15.2. The molecule has 38 heavy (non-hydrogen) atoms. The average Bonchev–Trinajstić information content (AvgIpc) is 2.90. The quantitative estimate of drug-likeness (QED) is 0.0879. The first kappa shape index (κ1) is 31.9. The molecule has 0 saturated heterocycles. The van der Waals surface area contributed by atoms with Gasteiger partial charge in [0.15, 0.2) is 6.54 Å². The molecule has 0 atom stereocenters. The fourth-order valence-electron chi connectivity index (χ4n) is 4.85. The smallest absolute Gasteiger partial charge is 0.361 e. The molecule has 212 valence electrons. The molecule has 0 saturated carbocycles. The Morgan fingerprint density at radius 2 is 1.24 bits per heavy atom. The lowest BCUT2D eigenvalue weighted by Gasteiger charge is -2.28. The highest BCUT2D eigenvalue weighted by Crippen LogP contribution is 2.16. The van der Waals surface area contributed by atoms with Gasteiger partial charge >= 0.3 is 5.97 Å². The Balaban J connectivity index is 1.45. The second kappa shape index (κ2) is 19.7. The van der Waals surface area contributed by atoms with Crippen LogP contribution in [0.25, 0.3) is 0 Å². The molecular formula is C34H54NO3+. The lowest BCUT2D eigenvalue weighted by atomic mass is 10.0. The molecule has 0 radical (unpaired) electrons. The number of hydrogen-bond acceptors (Lipinski definition) is 3. The molecule has 0 amide bonds. The van der Waals surface area contributed by atoms with E-state index in [2.05, 4.69) is 57.4 Å². The minimum Gasteiger partial charge on any atom is -0.494 e. The lowest BCUT2D eigenvalue weighted by molar-refractivity contribution is -0.896. The monoisotopic (exact) mass is 524 g/mol. The van der Waals surface area contributed by atoms with E-state index in [0.29, 0.717) is 24.2 Å². The van der Waals surface area contributed by atoms with Gasteiger partial charge in [0.2, 0.25) is 0 Å². The van der Waals surface area contributed by atoms with Gasteiger partial charge in [0.25, 0.3) is 0 Å². The van der Waals surface area contributed by atoms with Crippen molar-refractivity contribution in [2.75, 3.05) is 33.9 Å². The van der Waals surface area contributed by atoms with Gasteiger partial charge in [0, 0.05) is 5.56 Å². The summed E-state index contributed by atoms with van der Waals surface area (Å²) in [6.45, 7) is 4.55. The van der Waals surface area contributed by atoms with Crippen molar-refractivity contribution in [3.63, 3.8) is 0 Å². The fourth-order valence-corrected chi connectivity index (χ4v) is 4.85. The molecule has 0 aliphatic carbocycles. The van der Waals surface area contributed by atoms with Crippen LogP contribution >= 0.6 is 0 Å². The Labute approximate surface area is 233 Å². The number of unbranched alkanes of at least 4 members (excludes halogenated alkanes) is 11. The van der Waals surface area contributed by atoms with Gasteiger partial charge in [-0.3, -0.25) is 0 Å². The zero-order valence-electron chi connectivity index (χ0n) is 24.6. The number of benzene rings is 2. The van der Waals surface area contributed by atoms with Gasteiger partial charge in [0.05, 0.1) is 27.3 Å². The van der Waals surface area contributed by atoms with E-state index in [1.807, 2.05) is 18.2 Å². The summed E-state index contributed by atoms with van der Waals surface area (Å²) in [5.41, 5.74) is 2.62. The highest BCUT2D eigenvalue weighted by Gasteiger charge is 2.21. The molecule has 4 heteroatoms. The average molecular weight is 525 g/mol. The van der Waals surface area contributed by atoms with Crippen LogP contribution in [0.3, 0.4) is 0 Å². The van der Waals surface area contributed by atoms with E-state index in [1.165, 1.54) is 81.8 Å². The Morgan fingerprint density at radius 1 is 0.658 bits per heavy atom. The van der Waals surface area contributed by atoms with Crippen molar-refractivity contribution >= 4 is 5.97 Å². The molecule has 0 heterocycles. The summed E-state index contributed by atoms with van der Waals surface area (Å²) >= 11 is 0. The molecule has 4 nitrogen and oxygen atoms in total. The van der Waals surface area contributed by atoms with E-state index in [1.54, 1.807) is 0 Å². The molecule has 0 aliphatic heterocycles. The fraction of sp³-hybridized carbons (Fsp3) is 0.618. The summed E-state index contributed by atoms with van der Waals surface area (Å²) in [5.74, 6) is 0.782. The van der Waals surface area contributed by atoms with Gasteiger partial charge in [0.1, 0.15) is 12.3 Å². The number of quaternary nitrogens is 1. The number of rotatable bonds is 22. The van der Waals surface area contributed by atoms with Gasteiger partial charge < -0.3 is 14.0 Å².